The molecule has 2 aliphatic rings. The lowest BCUT2D eigenvalue weighted by atomic mass is 10.1. The maximum Gasteiger partial charge on any atom is 0.326 e. The zero-order valence-corrected chi connectivity index (χ0v) is 12.6. The minimum Gasteiger partial charge on any atom is -0.480 e. The summed E-state index contributed by atoms with van der Waals surface area (Å²) in [4.78, 5) is 29.3. The zero-order chi connectivity index (χ0) is 14.9. The van der Waals surface area contributed by atoms with Gasteiger partial charge in [-0.25, -0.2) is 9.59 Å². The molecule has 2 aliphatic heterocycles. The molecule has 3 atom stereocenters. The lowest BCUT2D eigenvalue weighted by molar-refractivity contribution is -0.142. The summed E-state index contributed by atoms with van der Waals surface area (Å²) >= 11 is 0. The second kappa shape index (κ2) is 5.99. The Labute approximate surface area is 120 Å². The van der Waals surface area contributed by atoms with Crippen molar-refractivity contribution in [2.45, 2.75) is 50.7 Å². The van der Waals surface area contributed by atoms with E-state index in [1.807, 2.05) is 4.90 Å². The molecule has 2 heterocycles. The number of fused-ring (bicyclic) bond motifs is 2. The van der Waals surface area contributed by atoms with E-state index in [9.17, 15) is 14.7 Å². The maximum atomic E-state index is 12.5. The van der Waals surface area contributed by atoms with Gasteiger partial charge in [0, 0.05) is 32.2 Å². The standard InChI is InChI=1S/C14H25N3O3/c1-4-12(13(18)19)16(3)14(20)17-8-7-10-5-6-11(9-17)15(10)2/h10-12H,4-9H2,1-3H3,(H,18,19). The van der Waals surface area contributed by atoms with Crippen LogP contribution in [0.25, 0.3) is 0 Å². The van der Waals surface area contributed by atoms with Gasteiger partial charge in [-0.1, -0.05) is 6.92 Å². The molecular formula is C14H25N3O3. The molecule has 1 N–H and O–H groups in total. The summed E-state index contributed by atoms with van der Waals surface area (Å²) in [6.45, 7) is 3.23. The van der Waals surface area contributed by atoms with Gasteiger partial charge in [-0.2, -0.15) is 0 Å². The Kier molecular flexibility index (Phi) is 4.52. The van der Waals surface area contributed by atoms with Gasteiger partial charge in [0.2, 0.25) is 0 Å². The molecule has 0 spiro atoms. The number of rotatable bonds is 3. The monoisotopic (exact) mass is 283 g/mol. The summed E-state index contributed by atoms with van der Waals surface area (Å²) < 4.78 is 0. The molecule has 2 bridgehead atoms. The summed E-state index contributed by atoms with van der Waals surface area (Å²) in [5.74, 6) is -0.934. The molecule has 3 unspecified atom stereocenters. The quantitative estimate of drug-likeness (QED) is 0.841. The van der Waals surface area contributed by atoms with Gasteiger partial charge < -0.3 is 14.9 Å². The van der Waals surface area contributed by atoms with Crippen LogP contribution >= 0.6 is 0 Å². The maximum absolute atomic E-state index is 12.5. The molecule has 0 aromatic carbocycles. The minimum absolute atomic E-state index is 0.153. The lowest BCUT2D eigenvalue weighted by Gasteiger charge is -2.32. The van der Waals surface area contributed by atoms with Gasteiger partial charge in [0.15, 0.2) is 0 Å². The van der Waals surface area contributed by atoms with Crippen LogP contribution < -0.4 is 0 Å². The Bertz CT molecular complexity index is 388. The molecule has 0 aromatic rings. The number of carbonyl (C=O) groups excluding carboxylic acids is 1. The van der Waals surface area contributed by atoms with E-state index in [0.717, 1.165) is 19.4 Å². The van der Waals surface area contributed by atoms with Crippen molar-refractivity contribution < 1.29 is 14.7 Å². The topological polar surface area (TPSA) is 64.1 Å². The number of urea groups is 1. The van der Waals surface area contributed by atoms with Crippen LogP contribution in [0.3, 0.4) is 0 Å². The first kappa shape index (κ1) is 15.1. The third-order valence-corrected chi connectivity index (χ3v) is 4.86. The number of carboxylic acids is 1. The minimum atomic E-state index is -0.934. The predicted octanol–water partition coefficient (Wildman–Crippen LogP) is 1.07. The fourth-order valence-corrected chi connectivity index (χ4v) is 3.45. The number of aliphatic carboxylic acids is 1. The smallest absolute Gasteiger partial charge is 0.326 e. The van der Waals surface area contributed by atoms with Gasteiger partial charge in [0.05, 0.1) is 0 Å². The van der Waals surface area contributed by atoms with E-state index in [2.05, 4.69) is 11.9 Å². The van der Waals surface area contributed by atoms with E-state index < -0.39 is 12.0 Å². The van der Waals surface area contributed by atoms with Gasteiger partial charge in [-0.15, -0.1) is 0 Å². The van der Waals surface area contributed by atoms with Gasteiger partial charge in [0.25, 0.3) is 0 Å². The molecule has 0 radical (unpaired) electrons. The van der Waals surface area contributed by atoms with Crippen LogP contribution in [0.4, 0.5) is 4.79 Å². The fraction of sp³-hybridized carbons (Fsp3) is 0.857. The number of carboxylic acid groups (broad SMARTS) is 1. The summed E-state index contributed by atoms with van der Waals surface area (Å²) in [5, 5.41) is 9.17. The summed E-state index contributed by atoms with van der Waals surface area (Å²) in [7, 11) is 3.73. The van der Waals surface area contributed by atoms with Gasteiger partial charge in [0.1, 0.15) is 6.04 Å². The van der Waals surface area contributed by atoms with E-state index in [-0.39, 0.29) is 6.03 Å². The van der Waals surface area contributed by atoms with E-state index in [1.54, 1.807) is 14.0 Å². The molecule has 2 rings (SSSR count). The number of carbonyl (C=O) groups is 2. The lowest BCUT2D eigenvalue weighted by Crippen LogP contribution is -2.50. The highest BCUT2D eigenvalue weighted by Crippen LogP contribution is 2.28. The highest BCUT2D eigenvalue weighted by atomic mass is 16.4. The van der Waals surface area contributed by atoms with Crippen molar-refractivity contribution in [3.8, 4) is 0 Å². The van der Waals surface area contributed by atoms with E-state index in [0.29, 0.717) is 25.0 Å². The van der Waals surface area contributed by atoms with Gasteiger partial charge >= 0.3 is 12.0 Å². The van der Waals surface area contributed by atoms with Crippen molar-refractivity contribution in [1.82, 2.24) is 14.7 Å². The van der Waals surface area contributed by atoms with Crippen LogP contribution in [0.15, 0.2) is 0 Å². The predicted molar refractivity (Wildman–Crippen MR) is 75.6 cm³/mol. The summed E-state index contributed by atoms with van der Waals surface area (Å²) in [6.07, 6.45) is 3.75. The number of likely N-dealkylation sites (tertiary alicyclic amines) is 1. The van der Waals surface area contributed by atoms with Crippen LogP contribution in [-0.4, -0.2) is 77.1 Å². The largest absolute Gasteiger partial charge is 0.480 e. The van der Waals surface area contributed by atoms with E-state index >= 15 is 0 Å². The molecule has 2 fully saturated rings. The summed E-state index contributed by atoms with van der Waals surface area (Å²) in [6, 6.07) is 0.107. The van der Waals surface area contributed by atoms with Crippen LogP contribution in [-0.2, 0) is 4.79 Å². The average molecular weight is 283 g/mol. The van der Waals surface area contributed by atoms with Gasteiger partial charge in [-0.05, 0) is 32.7 Å². The molecule has 114 valence electrons. The first-order valence-electron chi connectivity index (χ1n) is 7.42. The second-order valence-electron chi connectivity index (χ2n) is 5.94. The van der Waals surface area contributed by atoms with Crippen molar-refractivity contribution in [1.29, 1.82) is 0 Å². The van der Waals surface area contributed by atoms with Crippen LogP contribution in [0.5, 0.6) is 0 Å². The first-order chi connectivity index (χ1) is 9.45. The second-order valence-corrected chi connectivity index (χ2v) is 5.94. The molecule has 6 heteroatoms. The SMILES string of the molecule is CCC(C(=O)O)N(C)C(=O)N1CCC2CCC(C1)N2C. The van der Waals surface area contributed by atoms with Crippen molar-refractivity contribution in [2.24, 2.45) is 0 Å². The number of amides is 2. The third kappa shape index (κ3) is 2.75. The molecule has 0 saturated carbocycles. The number of nitrogens with zero attached hydrogens (tertiary/aromatic N) is 3. The average Bonchev–Trinajstić information content (AvgIpc) is 2.62. The van der Waals surface area contributed by atoms with Crippen LogP contribution in [0, 0.1) is 0 Å². The summed E-state index contributed by atoms with van der Waals surface area (Å²) in [5.41, 5.74) is 0. The molecule has 2 saturated heterocycles. The normalized spacial score (nSPS) is 28.1. The van der Waals surface area contributed by atoms with Gasteiger partial charge in [-0.3, -0.25) is 4.90 Å². The highest BCUT2D eigenvalue weighted by molar-refractivity contribution is 5.82. The number of hydrogen-bond donors (Lipinski definition) is 1. The molecule has 20 heavy (non-hydrogen) atoms. The van der Waals surface area contributed by atoms with E-state index in [1.165, 1.54) is 11.3 Å². The molecule has 0 aromatic heterocycles. The molecule has 0 aliphatic carbocycles. The molecular weight excluding hydrogens is 258 g/mol. The Morgan fingerprint density at radius 1 is 1.30 bits per heavy atom. The van der Waals surface area contributed by atoms with E-state index in [4.69, 9.17) is 0 Å². The van der Waals surface area contributed by atoms with Crippen LogP contribution in [0.2, 0.25) is 0 Å². The number of hydrogen-bond acceptors (Lipinski definition) is 3. The van der Waals surface area contributed by atoms with Crippen molar-refractivity contribution in [2.75, 3.05) is 27.2 Å². The van der Waals surface area contributed by atoms with Crippen molar-refractivity contribution >= 4 is 12.0 Å². The Balaban J connectivity index is 2.04. The Morgan fingerprint density at radius 3 is 2.55 bits per heavy atom. The van der Waals surface area contributed by atoms with Crippen molar-refractivity contribution in [3.63, 3.8) is 0 Å². The molecule has 6 nitrogen and oxygen atoms in total. The Morgan fingerprint density at radius 2 is 1.95 bits per heavy atom. The van der Waals surface area contributed by atoms with Crippen LogP contribution in [0.1, 0.15) is 32.6 Å². The first-order valence-corrected chi connectivity index (χ1v) is 7.42. The fourth-order valence-electron chi connectivity index (χ4n) is 3.45. The highest BCUT2D eigenvalue weighted by Gasteiger charge is 2.37. The number of likely N-dealkylation sites (N-methyl/N-ethyl adjacent to an activating group) is 2. The Hall–Kier alpha value is -1.30. The zero-order valence-electron chi connectivity index (χ0n) is 12.6. The molecule has 2 amide bonds. The van der Waals surface area contributed by atoms with Crippen molar-refractivity contribution in [3.05, 3.63) is 0 Å². The third-order valence-electron chi connectivity index (χ3n) is 4.86.